The van der Waals surface area contributed by atoms with Crippen molar-refractivity contribution in [2.45, 2.75) is 19.9 Å². The normalized spacial score (nSPS) is 11.1. The van der Waals surface area contributed by atoms with Crippen LogP contribution >= 0.6 is 0 Å². The first kappa shape index (κ1) is 15.5. The van der Waals surface area contributed by atoms with Crippen molar-refractivity contribution in [2.24, 2.45) is 0 Å². The van der Waals surface area contributed by atoms with Crippen molar-refractivity contribution in [1.82, 2.24) is 9.55 Å². The predicted molar refractivity (Wildman–Crippen MR) is 78.8 cm³/mol. The van der Waals surface area contributed by atoms with E-state index in [0.717, 1.165) is 17.8 Å². The molecule has 0 saturated heterocycles. The maximum absolute atomic E-state index is 11.3. The average molecular weight is 292 g/mol. The third kappa shape index (κ3) is 3.40. The van der Waals surface area contributed by atoms with Crippen LogP contribution in [-0.4, -0.2) is 47.6 Å². The van der Waals surface area contributed by atoms with E-state index in [-0.39, 0.29) is 5.56 Å². The number of methoxy groups -OCH3 is 1. The molecule has 21 heavy (non-hydrogen) atoms. The van der Waals surface area contributed by atoms with E-state index in [9.17, 15) is 9.90 Å². The maximum atomic E-state index is 11.3. The van der Waals surface area contributed by atoms with Gasteiger partial charge in [-0.3, -0.25) is 0 Å². The van der Waals surface area contributed by atoms with E-state index in [0.29, 0.717) is 31.9 Å². The van der Waals surface area contributed by atoms with Gasteiger partial charge in [0.15, 0.2) is 0 Å². The lowest BCUT2D eigenvalue weighted by atomic mass is 10.2. The summed E-state index contributed by atoms with van der Waals surface area (Å²) >= 11 is 0. The van der Waals surface area contributed by atoms with Crippen LogP contribution in [0.25, 0.3) is 11.0 Å². The Balaban J connectivity index is 2.25. The summed E-state index contributed by atoms with van der Waals surface area (Å²) in [6.07, 6.45) is 0.742. The van der Waals surface area contributed by atoms with Crippen molar-refractivity contribution in [2.75, 3.05) is 26.9 Å². The van der Waals surface area contributed by atoms with Crippen molar-refractivity contribution in [3.8, 4) is 0 Å². The van der Waals surface area contributed by atoms with Crippen LogP contribution in [0.1, 0.15) is 23.1 Å². The standard InChI is InChI=1S/C15H20N2O4/c1-3-13-16-14-11(15(18)19)5-4-6-12(14)17(13)7-8-21-10-9-20-2/h4-6H,3,7-10H2,1-2H3,(H,18,19). The molecule has 1 N–H and O–H groups in total. The van der Waals surface area contributed by atoms with Gasteiger partial charge in [-0.1, -0.05) is 13.0 Å². The Kier molecular flexibility index (Phi) is 5.30. The van der Waals surface area contributed by atoms with Gasteiger partial charge < -0.3 is 19.1 Å². The summed E-state index contributed by atoms with van der Waals surface area (Å²) < 4.78 is 12.4. The molecule has 0 saturated carbocycles. The first-order valence-corrected chi connectivity index (χ1v) is 6.97. The predicted octanol–water partition coefficient (Wildman–Crippen LogP) is 1.96. The van der Waals surface area contributed by atoms with Gasteiger partial charge in [-0.15, -0.1) is 0 Å². The Hall–Kier alpha value is -1.92. The largest absolute Gasteiger partial charge is 0.478 e. The number of imidazole rings is 1. The fourth-order valence-corrected chi connectivity index (χ4v) is 2.29. The number of aryl methyl sites for hydroxylation is 1. The Morgan fingerprint density at radius 3 is 2.81 bits per heavy atom. The highest BCUT2D eigenvalue weighted by atomic mass is 16.5. The number of aromatic nitrogens is 2. The molecule has 0 amide bonds. The zero-order chi connectivity index (χ0) is 15.2. The first-order chi connectivity index (χ1) is 10.2. The Bertz CT molecular complexity index is 621. The minimum atomic E-state index is -0.954. The molecule has 0 atom stereocenters. The van der Waals surface area contributed by atoms with E-state index in [2.05, 4.69) is 4.98 Å². The quantitative estimate of drug-likeness (QED) is 0.753. The topological polar surface area (TPSA) is 73.6 Å². The zero-order valence-corrected chi connectivity index (χ0v) is 12.3. The van der Waals surface area contributed by atoms with Gasteiger partial charge >= 0.3 is 5.97 Å². The molecule has 0 aliphatic heterocycles. The lowest BCUT2D eigenvalue weighted by molar-refractivity contribution is 0.0667. The molecule has 0 radical (unpaired) electrons. The van der Waals surface area contributed by atoms with E-state index in [1.165, 1.54) is 0 Å². The van der Waals surface area contributed by atoms with Crippen LogP contribution < -0.4 is 0 Å². The molecule has 0 fully saturated rings. The Morgan fingerprint density at radius 2 is 2.14 bits per heavy atom. The number of carbonyl (C=O) groups is 1. The molecular formula is C15H20N2O4. The van der Waals surface area contributed by atoms with Crippen LogP contribution in [0.15, 0.2) is 18.2 Å². The van der Waals surface area contributed by atoms with E-state index in [4.69, 9.17) is 9.47 Å². The van der Waals surface area contributed by atoms with Gasteiger partial charge in [0.1, 0.15) is 11.3 Å². The molecule has 1 aromatic heterocycles. The molecule has 0 aliphatic rings. The fourth-order valence-electron chi connectivity index (χ4n) is 2.29. The second-order valence-electron chi connectivity index (χ2n) is 4.62. The Labute approximate surface area is 123 Å². The third-order valence-electron chi connectivity index (χ3n) is 3.30. The SMILES string of the molecule is CCc1nc2c(C(=O)O)cccc2n1CCOCCOC. The fraction of sp³-hybridized carbons (Fsp3) is 0.467. The van der Waals surface area contributed by atoms with Crippen molar-refractivity contribution in [1.29, 1.82) is 0 Å². The molecule has 1 aromatic carbocycles. The van der Waals surface area contributed by atoms with Crippen LogP contribution in [0.2, 0.25) is 0 Å². The molecule has 2 rings (SSSR count). The van der Waals surface area contributed by atoms with Gasteiger partial charge in [0.05, 0.1) is 30.9 Å². The second-order valence-corrected chi connectivity index (χ2v) is 4.62. The lowest BCUT2D eigenvalue weighted by Gasteiger charge is -2.09. The molecular weight excluding hydrogens is 272 g/mol. The summed E-state index contributed by atoms with van der Waals surface area (Å²) in [6, 6.07) is 5.22. The van der Waals surface area contributed by atoms with Gasteiger partial charge in [-0.2, -0.15) is 0 Å². The van der Waals surface area contributed by atoms with Crippen LogP contribution in [0.3, 0.4) is 0 Å². The number of rotatable bonds is 8. The smallest absolute Gasteiger partial charge is 0.337 e. The highest BCUT2D eigenvalue weighted by Gasteiger charge is 2.15. The summed E-state index contributed by atoms with van der Waals surface area (Å²) in [5.74, 6) is -0.0849. The monoisotopic (exact) mass is 292 g/mol. The zero-order valence-electron chi connectivity index (χ0n) is 12.3. The minimum Gasteiger partial charge on any atom is -0.478 e. The molecule has 0 bridgehead atoms. The van der Waals surface area contributed by atoms with E-state index >= 15 is 0 Å². The van der Waals surface area contributed by atoms with Crippen LogP contribution in [0.5, 0.6) is 0 Å². The van der Waals surface area contributed by atoms with Gasteiger partial charge in [0.25, 0.3) is 0 Å². The van der Waals surface area contributed by atoms with Crippen LogP contribution in [-0.2, 0) is 22.4 Å². The molecule has 0 unspecified atom stereocenters. The maximum Gasteiger partial charge on any atom is 0.337 e. The number of para-hydroxylation sites is 1. The van der Waals surface area contributed by atoms with E-state index in [1.807, 2.05) is 17.6 Å². The van der Waals surface area contributed by atoms with E-state index in [1.54, 1.807) is 19.2 Å². The number of hydrogen-bond acceptors (Lipinski definition) is 4. The third-order valence-corrected chi connectivity index (χ3v) is 3.30. The van der Waals surface area contributed by atoms with Crippen molar-refractivity contribution < 1.29 is 19.4 Å². The lowest BCUT2D eigenvalue weighted by Crippen LogP contribution is -2.11. The number of aromatic carboxylic acids is 1. The number of carboxylic acid groups (broad SMARTS) is 1. The molecule has 6 heteroatoms. The van der Waals surface area contributed by atoms with Crippen molar-refractivity contribution in [3.05, 3.63) is 29.6 Å². The number of hydrogen-bond donors (Lipinski definition) is 1. The summed E-state index contributed by atoms with van der Waals surface area (Å²) in [7, 11) is 1.63. The minimum absolute atomic E-state index is 0.237. The van der Waals surface area contributed by atoms with Crippen molar-refractivity contribution >= 4 is 17.0 Å². The van der Waals surface area contributed by atoms with Gasteiger partial charge in [0.2, 0.25) is 0 Å². The highest BCUT2D eigenvalue weighted by molar-refractivity contribution is 6.01. The highest BCUT2D eigenvalue weighted by Crippen LogP contribution is 2.20. The first-order valence-electron chi connectivity index (χ1n) is 6.97. The molecule has 2 aromatic rings. The number of carboxylic acids is 1. The summed E-state index contributed by atoms with van der Waals surface area (Å²) in [5.41, 5.74) is 1.61. The van der Waals surface area contributed by atoms with Crippen LogP contribution in [0.4, 0.5) is 0 Å². The van der Waals surface area contributed by atoms with E-state index < -0.39 is 5.97 Å². The average Bonchev–Trinajstić information content (AvgIpc) is 2.84. The molecule has 0 aliphatic carbocycles. The molecule has 6 nitrogen and oxygen atoms in total. The summed E-state index contributed by atoms with van der Waals surface area (Å²) in [5, 5.41) is 9.24. The second kappa shape index (κ2) is 7.19. The van der Waals surface area contributed by atoms with Gasteiger partial charge in [-0.25, -0.2) is 9.78 Å². The summed E-state index contributed by atoms with van der Waals surface area (Å²) in [6.45, 7) is 4.30. The Morgan fingerprint density at radius 1 is 1.33 bits per heavy atom. The van der Waals surface area contributed by atoms with Gasteiger partial charge in [-0.05, 0) is 12.1 Å². The summed E-state index contributed by atoms with van der Waals surface area (Å²) in [4.78, 5) is 15.7. The number of ether oxygens (including phenoxy) is 2. The molecule has 0 spiro atoms. The van der Waals surface area contributed by atoms with Crippen molar-refractivity contribution in [3.63, 3.8) is 0 Å². The van der Waals surface area contributed by atoms with Crippen LogP contribution in [0, 0.1) is 0 Å². The molecule has 114 valence electrons. The molecule has 1 heterocycles. The number of nitrogens with zero attached hydrogens (tertiary/aromatic N) is 2. The number of benzene rings is 1. The van der Waals surface area contributed by atoms with Gasteiger partial charge in [0, 0.05) is 20.1 Å². The number of fused-ring (bicyclic) bond motifs is 1.